The number of carbonyl (C=O) groups excluding carboxylic acids is 3. The molecule has 0 unspecified atom stereocenters. The number of carbonyl (C=O) groups is 3. The van der Waals surface area contributed by atoms with E-state index in [0.717, 1.165) is 10.5 Å². The molecule has 6 nitrogen and oxygen atoms in total. The highest BCUT2D eigenvalue weighted by molar-refractivity contribution is 8.00. The van der Waals surface area contributed by atoms with Gasteiger partial charge in [-0.1, -0.05) is 17.7 Å². The molecule has 0 aliphatic carbocycles. The number of amides is 2. The minimum absolute atomic E-state index is 0.00637. The normalized spacial score (nSPS) is 11.7. The Morgan fingerprint density at radius 3 is 2.29 bits per heavy atom. The van der Waals surface area contributed by atoms with Gasteiger partial charge in [0.25, 0.3) is 5.91 Å². The largest absolute Gasteiger partial charge is 0.455 e. The predicted octanol–water partition coefficient (Wildman–Crippen LogP) is 1.66. The van der Waals surface area contributed by atoms with Crippen LogP contribution in [0.5, 0.6) is 0 Å². The second-order valence-corrected chi connectivity index (χ2v) is 7.09. The van der Waals surface area contributed by atoms with Crippen LogP contribution in [0.1, 0.15) is 26.3 Å². The van der Waals surface area contributed by atoms with Crippen molar-refractivity contribution in [2.45, 2.75) is 43.9 Å². The van der Waals surface area contributed by atoms with Crippen molar-refractivity contribution in [2.24, 2.45) is 0 Å². The predicted molar refractivity (Wildman–Crippen MR) is 93.7 cm³/mol. The summed E-state index contributed by atoms with van der Waals surface area (Å²) in [5.41, 5.74) is 1.15. The Morgan fingerprint density at radius 1 is 1.08 bits per heavy atom. The molecule has 0 spiro atoms. The number of nitrogens with one attached hydrogen (secondary N) is 2. The first-order valence-corrected chi connectivity index (χ1v) is 8.62. The van der Waals surface area contributed by atoms with Crippen LogP contribution in [0.25, 0.3) is 0 Å². The molecule has 0 aliphatic rings. The van der Waals surface area contributed by atoms with Crippen LogP contribution in [0.3, 0.4) is 0 Å². The molecule has 0 aromatic heterocycles. The maximum Gasteiger partial charge on any atom is 0.319 e. The summed E-state index contributed by atoms with van der Waals surface area (Å²) in [5, 5.41) is 4.62. The zero-order chi connectivity index (χ0) is 18.1. The average molecular weight is 352 g/mol. The third-order valence-electron chi connectivity index (χ3n) is 2.91. The van der Waals surface area contributed by atoms with Crippen molar-refractivity contribution in [3.05, 3.63) is 29.8 Å². The number of benzene rings is 1. The fourth-order valence-corrected chi connectivity index (χ4v) is 2.59. The third kappa shape index (κ3) is 8.01. The smallest absolute Gasteiger partial charge is 0.319 e. The summed E-state index contributed by atoms with van der Waals surface area (Å²) >= 11 is 1.37. The van der Waals surface area contributed by atoms with E-state index in [4.69, 9.17) is 4.74 Å². The Hall–Kier alpha value is -2.02. The van der Waals surface area contributed by atoms with E-state index in [0.29, 0.717) is 0 Å². The zero-order valence-corrected chi connectivity index (χ0v) is 15.2. The van der Waals surface area contributed by atoms with E-state index in [-0.39, 0.29) is 18.5 Å². The molecule has 1 atom stereocenters. The first-order chi connectivity index (χ1) is 11.3. The van der Waals surface area contributed by atoms with Crippen LogP contribution in [-0.4, -0.2) is 42.2 Å². The molecule has 24 heavy (non-hydrogen) atoms. The van der Waals surface area contributed by atoms with Crippen LogP contribution >= 0.6 is 11.8 Å². The lowest BCUT2D eigenvalue weighted by atomic mass is 10.2. The maximum absolute atomic E-state index is 11.9. The SMILES string of the molecule is Cc1ccc(S[C@H](C)C(=O)OCC(=O)NCC(=O)NC(C)C)cc1. The molecule has 1 aromatic rings. The fourth-order valence-electron chi connectivity index (χ4n) is 1.73. The third-order valence-corrected chi connectivity index (χ3v) is 4.00. The zero-order valence-electron chi connectivity index (χ0n) is 14.4. The molecule has 0 fully saturated rings. The Bertz CT molecular complexity index is 572. The van der Waals surface area contributed by atoms with Crippen molar-refractivity contribution < 1.29 is 19.1 Å². The second kappa shape index (κ2) is 9.97. The minimum atomic E-state index is -0.505. The Labute approximate surface area is 146 Å². The molecule has 0 saturated carbocycles. The van der Waals surface area contributed by atoms with Gasteiger partial charge in [-0.15, -0.1) is 11.8 Å². The Balaban J connectivity index is 2.30. The summed E-state index contributed by atoms with van der Waals surface area (Å²) in [6.07, 6.45) is 0. The summed E-state index contributed by atoms with van der Waals surface area (Å²) in [7, 11) is 0. The molecule has 1 rings (SSSR count). The quantitative estimate of drug-likeness (QED) is 0.549. The lowest BCUT2D eigenvalue weighted by Gasteiger charge is -2.12. The monoisotopic (exact) mass is 352 g/mol. The number of ether oxygens (including phenoxy) is 1. The first kappa shape index (κ1) is 20.0. The fraction of sp³-hybridized carbons (Fsp3) is 0.471. The molecule has 0 radical (unpaired) electrons. The van der Waals surface area contributed by atoms with Gasteiger partial charge in [-0.3, -0.25) is 14.4 Å². The molecule has 0 saturated heterocycles. The highest BCUT2D eigenvalue weighted by Crippen LogP contribution is 2.24. The summed E-state index contributed by atoms with van der Waals surface area (Å²) < 4.78 is 4.97. The molecule has 0 heterocycles. The molecule has 7 heteroatoms. The summed E-state index contributed by atoms with van der Waals surface area (Å²) in [4.78, 5) is 35.8. The topological polar surface area (TPSA) is 84.5 Å². The number of aryl methyl sites for hydroxylation is 1. The van der Waals surface area contributed by atoms with Gasteiger partial charge in [0.2, 0.25) is 5.91 Å². The van der Waals surface area contributed by atoms with Crippen molar-refractivity contribution in [3.63, 3.8) is 0 Å². The molecule has 132 valence electrons. The molecule has 2 amide bonds. The van der Waals surface area contributed by atoms with Crippen LogP contribution in [0.15, 0.2) is 29.2 Å². The molecule has 2 N–H and O–H groups in total. The summed E-state index contributed by atoms with van der Waals surface area (Å²) in [6.45, 7) is 6.84. The number of hydrogen-bond acceptors (Lipinski definition) is 5. The van der Waals surface area contributed by atoms with Crippen LogP contribution in [0.4, 0.5) is 0 Å². The van der Waals surface area contributed by atoms with Crippen molar-refractivity contribution in [2.75, 3.05) is 13.2 Å². The minimum Gasteiger partial charge on any atom is -0.455 e. The molecule has 0 aliphatic heterocycles. The lowest BCUT2D eigenvalue weighted by molar-refractivity contribution is -0.147. The van der Waals surface area contributed by atoms with Gasteiger partial charge in [0.15, 0.2) is 6.61 Å². The number of thioether (sulfide) groups is 1. The van der Waals surface area contributed by atoms with Crippen molar-refractivity contribution in [1.29, 1.82) is 0 Å². The van der Waals surface area contributed by atoms with Gasteiger partial charge in [-0.25, -0.2) is 0 Å². The van der Waals surface area contributed by atoms with Crippen molar-refractivity contribution in [1.82, 2.24) is 10.6 Å². The standard InChI is InChI=1S/C17H24N2O4S/c1-11(2)19-15(20)9-18-16(21)10-23-17(22)13(4)24-14-7-5-12(3)6-8-14/h5-8,11,13H,9-10H2,1-4H3,(H,18,21)(H,19,20)/t13-/m1/s1. The van der Waals surface area contributed by atoms with Gasteiger partial charge in [0, 0.05) is 10.9 Å². The number of esters is 1. The molecular formula is C17H24N2O4S. The van der Waals surface area contributed by atoms with E-state index in [9.17, 15) is 14.4 Å². The van der Waals surface area contributed by atoms with E-state index < -0.39 is 23.7 Å². The van der Waals surface area contributed by atoms with Crippen LogP contribution < -0.4 is 10.6 Å². The highest BCUT2D eigenvalue weighted by Gasteiger charge is 2.17. The number of hydrogen-bond donors (Lipinski definition) is 2. The van der Waals surface area contributed by atoms with Crippen LogP contribution in [0, 0.1) is 6.92 Å². The van der Waals surface area contributed by atoms with Gasteiger partial charge in [-0.2, -0.15) is 0 Å². The van der Waals surface area contributed by atoms with Crippen molar-refractivity contribution in [3.8, 4) is 0 Å². The maximum atomic E-state index is 11.9. The summed E-state index contributed by atoms with van der Waals surface area (Å²) in [6, 6.07) is 7.81. The van der Waals surface area contributed by atoms with E-state index in [2.05, 4.69) is 10.6 Å². The van der Waals surface area contributed by atoms with Crippen molar-refractivity contribution >= 4 is 29.5 Å². The van der Waals surface area contributed by atoms with Gasteiger partial charge < -0.3 is 15.4 Å². The van der Waals surface area contributed by atoms with E-state index in [1.54, 1.807) is 6.92 Å². The lowest BCUT2D eigenvalue weighted by Crippen LogP contribution is -2.41. The first-order valence-electron chi connectivity index (χ1n) is 7.74. The molecule has 0 bridgehead atoms. The van der Waals surface area contributed by atoms with Gasteiger partial charge in [0.05, 0.1) is 6.54 Å². The highest BCUT2D eigenvalue weighted by atomic mass is 32.2. The molecule has 1 aromatic carbocycles. The van der Waals surface area contributed by atoms with E-state index in [1.165, 1.54) is 11.8 Å². The van der Waals surface area contributed by atoms with Gasteiger partial charge >= 0.3 is 5.97 Å². The molecular weight excluding hydrogens is 328 g/mol. The number of rotatable bonds is 8. The average Bonchev–Trinajstić information content (AvgIpc) is 2.52. The van der Waals surface area contributed by atoms with E-state index in [1.807, 2.05) is 45.0 Å². The van der Waals surface area contributed by atoms with E-state index >= 15 is 0 Å². The van der Waals surface area contributed by atoms with Gasteiger partial charge in [0.1, 0.15) is 5.25 Å². The summed E-state index contributed by atoms with van der Waals surface area (Å²) in [5.74, 6) is -1.26. The van der Waals surface area contributed by atoms with Crippen LogP contribution in [-0.2, 0) is 19.1 Å². The second-order valence-electron chi connectivity index (χ2n) is 5.68. The van der Waals surface area contributed by atoms with Gasteiger partial charge in [-0.05, 0) is 39.8 Å². The Kier molecular flexibility index (Phi) is 8.32. The van der Waals surface area contributed by atoms with Crippen LogP contribution in [0.2, 0.25) is 0 Å². The Morgan fingerprint density at radius 2 is 1.71 bits per heavy atom.